The number of fused-ring (bicyclic) bond motifs is 1. The maximum Gasteiger partial charge on any atom is 0.226 e. The summed E-state index contributed by atoms with van der Waals surface area (Å²) in [6.45, 7) is 0.466. The van der Waals surface area contributed by atoms with Gasteiger partial charge in [0.25, 0.3) is 0 Å². The van der Waals surface area contributed by atoms with Crippen molar-refractivity contribution < 1.29 is 14.3 Å². The predicted molar refractivity (Wildman–Crippen MR) is 106 cm³/mol. The summed E-state index contributed by atoms with van der Waals surface area (Å²) >= 11 is 0. The van der Waals surface area contributed by atoms with Crippen LogP contribution in [0.3, 0.4) is 0 Å². The monoisotopic (exact) mass is 390 g/mol. The van der Waals surface area contributed by atoms with Crippen molar-refractivity contribution in [2.24, 2.45) is 0 Å². The molecule has 0 fully saturated rings. The van der Waals surface area contributed by atoms with Crippen molar-refractivity contribution >= 4 is 17.9 Å². The largest absolute Gasteiger partial charge is 0.493 e. The fourth-order valence-electron chi connectivity index (χ4n) is 2.89. The fourth-order valence-corrected chi connectivity index (χ4v) is 2.89. The zero-order valence-corrected chi connectivity index (χ0v) is 15.9. The minimum atomic E-state index is 0.356. The molecule has 0 bridgehead atoms. The number of nitrogens with zero attached hydrogens (tertiary/aromatic N) is 5. The van der Waals surface area contributed by atoms with Gasteiger partial charge in [0.2, 0.25) is 5.95 Å². The molecule has 146 valence electrons. The quantitative estimate of drug-likeness (QED) is 0.480. The first-order valence-corrected chi connectivity index (χ1v) is 8.79. The van der Waals surface area contributed by atoms with Crippen LogP contribution in [-0.2, 0) is 6.54 Å². The van der Waals surface area contributed by atoms with Crippen LogP contribution in [0.25, 0.3) is 17.0 Å². The maximum absolute atomic E-state index is 11.4. The molecule has 4 rings (SSSR count). The Balaban J connectivity index is 1.67. The van der Waals surface area contributed by atoms with Gasteiger partial charge in [-0.3, -0.25) is 9.78 Å². The number of carbonyl (C=O) groups excluding carboxylic acids is 1. The van der Waals surface area contributed by atoms with Crippen LogP contribution in [0, 0.1) is 0 Å². The first-order valence-electron chi connectivity index (χ1n) is 8.79. The molecule has 1 aromatic carbocycles. The lowest BCUT2D eigenvalue weighted by atomic mass is 10.2. The molecular formula is C20H18N6O3. The van der Waals surface area contributed by atoms with Gasteiger partial charge in [-0.15, -0.1) is 5.10 Å². The summed E-state index contributed by atoms with van der Waals surface area (Å²) in [6, 6.07) is 9.26. The van der Waals surface area contributed by atoms with E-state index in [0.717, 1.165) is 11.1 Å². The highest BCUT2D eigenvalue weighted by Crippen LogP contribution is 2.28. The van der Waals surface area contributed by atoms with Gasteiger partial charge < -0.3 is 14.8 Å². The van der Waals surface area contributed by atoms with Gasteiger partial charge in [0.15, 0.2) is 29.3 Å². The molecule has 0 aliphatic rings. The Morgan fingerprint density at radius 2 is 1.90 bits per heavy atom. The minimum Gasteiger partial charge on any atom is -0.493 e. The Bertz CT molecular complexity index is 1160. The van der Waals surface area contributed by atoms with Crippen LogP contribution in [0.2, 0.25) is 0 Å². The van der Waals surface area contributed by atoms with E-state index < -0.39 is 0 Å². The number of hydrogen-bond acceptors (Lipinski definition) is 8. The van der Waals surface area contributed by atoms with Crippen molar-refractivity contribution in [2.75, 3.05) is 19.5 Å². The van der Waals surface area contributed by atoms with Crippen LogP contribution in [-0.4, -0.2) is 45.1 Å². The van der Waals surface area contributed by atoms with Crippen LogP contribution in [0.15, 0.2) is 48.9 Å². The molecule has 0 saturated heterocycles. The Morgan fingerprint density at radius 3 is 2.62 bits per heavy atom. The van der Waals surface area contributed by atoms with E-state index in [4.69, 9.17) is 9.47 Å². The van der Waals surface area contributed by atoms with E-state index in [1.165, 1.54) is 10.7 Å². The standard InChI is InChI=1S/C20H18N6O3/c1-28-16-4-3-13(9-17(16)29-2)10-22-20-23-11-15(12-27)19-24-18(25-26(19)20)14-5-7-21-8-6-14/h3-9,11-12H,10H2,1-2H3,(H,22,23). The van der Waals surface area contributed by atoms with Crippen LogP contribution < -0.4 is 14.8 Å². The van der Waals surface area contributed by atoms with Crippen molar-refractivity contribution in [1.82, 2.24) is 24.6 Å². The fraction of sp³-hybridized carbons (Fsp3) is 0.150. The highest BCUT2D eigenvalue weighted by Gasteiger charge is 2.14. The number of aldehydes is 1. The van der Waals surface area contributed by atoms with Gasteiger partial charge in [0, 0.05) is 30.7 Å². The molecule has 0 amide bonds. The predicted octanol–water partition coefficient (Wildman–Crippen LogP) is 2.63. The lowest BCUT2D eigenvalue weighted by molar-refractivity contribution is 0.112. The molecule has 4 aromatic rings. The zero-order chi connectivity index (χ0) is 20.2. The van der Waals surface area contributed by atoms with Crippen LogP contribution in [0.1, 0.15) is 15.9 Å². The lowest BCUT2D eigenvalue weighted by Crippen LogP contribution is -2.09. The number of methoxy groups -OCH3 is 2. The second-order valence-corrected chi connectivity index (χ2v) is 6.10. The molecule has 9 nitrogen and oxygen atoms in total. The van der Waals surface area contributed by atoms with E-state index in [0.29, 0.717) is 47.3 Å². The molecule has 0 unspecified atom stereocenters. The van der Waals surface area contributed by atoms with E-state index in [1.54, 1.807) is 38.7 Å². The summed E-state index contributed by atoms with van der Waals surface area (Å²) < 4.78 is 12.1. The van der Waals surface area contributed by atoms with Gasteiger partial charge in [-0.25, -0.2) is 9.97 Å². The molecule has 0 aliphatic heterocycles. The van der Waals surface area contributed by atoms with Crippen molar-refractivity contribution in [3.63, 3.8) is 0 Å². The molecule has 29 heavy (non-hydrogen) atoms. The summed E-state index contributed by atoms with van der Waals surface area (Å²) in [7, 11) is 3.18. The first-order chi connectivity index (χ1) is 14.2. The van der Waals surface area contributed by atoms with Gasteiger partial charge >= 0.3 is 0 Å². The van der Waals surface area contributed by atoms with Crippen LogP contribution in [0.4, 0.5) is 5.95 Å². The van der Waals surface area contributed by atoms with Gasteiger partial charge in [0.05, 0.1) is 19.8 Å². The zero-order valence-electron chi connectivity index (χ0n) is 15.9. The number of rotatable bonds is 7. The summed E-state index contributed by atoms with van der Waals surface area (Å²) in [5.74, 6) is 2.25. The SMILES string of the molecule is COc1ccc(CNc2ncc(C=O)c3nc(-c4ccncc4)nn23)cc1OC. The summed E-state index contributed by atoms with van der Waals surface area (Å²) in [5, 5.41) is 7.75. The Hall–Kier alpha value is -4.01. The number of benzene rings is 1. The smallest absolute Gasteiger partial charge is 0.226 e. The van der Waals surface area contributed by atoms with E-state index >= 15 is 0 Å². The third-order valence-electron chi connectivity index (χ3n) is 4.36. The molecule has 9 heteroatoms. The average molecular weight is 390 g/mol. The third-order valence-corrected chi connectivity index (χ3v) is 4.36. The second kappa shape index (κ2) is 7.93. The van der Waals surface area contributed by atoms with E-state index in [1.807, 2.05) is 18.2 Å². The molecule has 0 aliphatic carbocycles. The van der Waals surface area contributed by atoms with Gasteiger partial charge in [0.1, 0.15) is 0 Å². The van der Waals surface area contributed by atoms with E-state index in [2.05, 4.69) is 25.4 Å². The number of carbonyl (C=O) groups is 1. The van der Waals surface area contributed by atoms with Crippen LogP contribution >= 0.6 is 0 Å². The molecule has 0 atom stereocenters. The van der Waals surface area contributed by atoms with Gasteiger partial charge in [-0.1, -0.05) is 6.07 Å². The minimum absolute atomic E-state index is 0.356. The number of pyridine rings is 1. The Labute approximate surface area is 166 Å². The molecule has 3 aromatic heterocycles. The maximum atomic E-state index is 11.4. The lowest BCUT2D eigenvalue weighted by Gasteiger charge is -2.11. The first kappa shape index (κ1) is 18.4. The second-order valence-electron chi connectivity index (χ2n) is 6.10. The number of ether oxygens (including phenoxy) is 2. The molecule has 0 spiro atoms. The molecular weight excluding hydrogens is 372 g/mol. The summed E-state index contributed by atoms with van der Waals surface area (Å²) in [5.41, 5.74) is 2.55. The molecule has 1 N–H and O–H groups in total. The van der Waals surface area contributed by atoms with Crippen molar-refractivity contribution in [2.45, 2.75) is 6.54 Å². The van der Waals surface area contributed by atoms with Crippen LogP contribution in [0.5, 0.6) is 11.5 Å². The Kier molecular flexibility index (Phi) is 5.02. The number of nitrogens with one attached hydrogen (secondary N) is 1. The Morgan fingerprint density at radius 1 is 1.10 bits per heavy atom. The van der Waals surface area contributed by atoms with Crippen molar-refractivity contribution in [1.29, 1.82) is 0 Å². The number of aromatic nitrogens is 5. The van der Waals surface area contributed by atoms with Gasteiger partial charge in [-0.05, 0) is 29.8 Å². The van der Waals surface area contributed by atoms with E-state index in [9.17, 15) is 4.79 Å². The van der Waals surface area contributed by atoms with Gasteiger partial charge in [-0.2, -0.15) is 4.52 Å². The average Bonchev–Trinajstić information content (AvgIpc) is 3.23. The highest BCUT2D eigenvalue weighted by molar-refractivity contribution is 5.84. The van der Waals surface area contributed by atoms with Crippen molar-refractivity contribution in [3.8, 4) is 22.9 Å². The topological polar surface area (TPSA) is 104 Å². The molecule has 0 radical (unpaired) electrons. The normalized spacial score (nSPS) is 10.7. The molecule has 3 heterocycles. The molecule has 0 saturated carbocycles. The number of hydrogen-bond donors (Lipinski definition) is 1. The third kappa shape index (κ3) is 3.57. The summed E-state index contributed by atoms with van der Waals surface area (Å²) in [6.07, 6.45) is 5.52. The number of anilines is 1. The summed E-state index contributed by atoms with van der Waals surface area (Å²) in [4.78, 5) is 24.2. The van der Waals surface area contributed by atoms with Crippen molar-refractivity contribution in [3.05, 3.63) is 60.0 Å². The van der Waals surface area contributed by atoms with E-state index in [-0.39, 0.29) is 0 Å². The highest BCUT2D eigenvalue weighted by atomic mass is 16.5.